The molecule has 0 spiro atoms. The number of aromatic nitrogens is 1. The van der Waals surface area contributed by atoms with Crippen LogP contribution in [0.1, 0.15) is 0 Å². The van der Waals surface area contributed by atoms with E-state index in [2.05, 4.69) is 10.3 Å². The fraction of sp³-hybridized carbons (Fsp3) is 0. The molecule has 2 nitrogen and oxygen atoms in total. The highest BCUT2D eigenvalue weighted by Crippen LogP contribution is 2.27. The van der Waals surface area contributed by atoms with Crippen LogP contribution in [-0.4, -0.2) is 4.98 Å². The van der Waals surface area contributed by atoms with E-state index in [1.54, 1.807) is 24.4 Å². The number of para-hydroxylation sites is 1. The molecule has 3 rings (SSSR count). The predicted octanol–water partition coefficient (Wildman–Crippen LogP) is 4.40. The van der Waals surface area contributed by atoms with Gasteiger partial charge in [-0.2, -0.15) is 0 Å². The molecule has 1 aromatic heterocycles. The minimum absolute atomic E-state index is 0.137. The summed E-state index contributed by atoms with van der Waals surface area (Å²) in [6, 6.07) is 11.0. The summed E-state index contributed by atoms with van der Waals surface area (Å²) in [7, 11) is 0. The third kappa shape index (κ3) is 2.07. The van der Waals surface area contributed by atoms with Crippen LogP contribution in [0, 0.1) is 17.5 Å². The highest BCUT2D eigenvalue weighted by atomic mass is 19.2. The number of nitrogens with one attached hydrogen (secondary N) is 1. The number of anilines is 2. The molecule has 0 saturated heterocycles. The zero-order valence-electron chi connectivity index (χ0n) is 10.2. The number of nitrogens with zero attached hydrogens (tertiary/aromatic N) is 1. The lowest BCUT2D eigenvalue weighted by atomic mass is 10.2. The van der Waals surface area contributed by atoms with Crippen LogP contribution in [0.15, 0.2) is 48.7 Å². The number of rotatable bonds is 2. The lowest BCUT2D eigenvalue weighted by Crippen LogP contribution is -1.99. The molecule has 100 valence electrons. The fourth-order valence-corrected chi connectivity index (χ4v) is 1.97. The number of fused-ring (bicyclic) bond motifs is 1. The minimum Gasteiger partial charge on any atom is -0.351 e. The molecule has 1 N–H and O–H groups in total. The summed E-state index contributed by atoms with van der Waals surface area (Å²) in [4.78, 5) is 4.19. The van der Waals surface area contributed by atoms with Crippen LogP contribution in [0.25, 0.3) is 10.9 Å². The van der Waals surface area contributed by atoms with E-state index in [0.717, 1.165) is 17.5 Å². The van der Waals surface area contributed by atoms with Crippen LogP contribution in [0.3, 0.4) is 0 Å². The van der Waals surface area contributed by atoms with Gasteiger partial charge >= 0.3 is 0 Å². The molecule has 0 atom stereocenters. The van der Waals surface area contributed by atoms with E-state index < -0.39 is 17.5 Å². The van der Waals surface area contributed by atoms with Crippen molar-refractivity contribution in [3.8, 4) is 0 Å². The molecule has 5 heteroatoms. The van der Waals surface area contributed by atoms with E-state index >= 15 is 0 Å². The van der Waals surface area contributed by atoms with Crippen molar-refractivity contribution in [1.29, 1.82) is 0 Å². The Bertz CT molecular complexity index is 782. The van der Waals surface area contributed by atoms with Gasteiger partial charge in [0.2, 0.25) is 0 Å². The van der Waals surface area contributed by atoms with Crippen LogP contribution in [-0.2, 0) is 0 Å². The molecule has 0 unspecified atom stereocenters. The lowest BCUT2D eigenvalue weighted by molar-refractivity contribution is 0.449. The molecule has 0 fully saturated rings. The Morgan fingerprint density at radius 1 is 0.800 bits per heavy atom. The van der Waals surface area contributed by atoms with Crippen LogP contribution in [0.4, 0.5) is 24.5 Å². The first kappa shape index (κ1) is 12.5. The van der Waals surface area contributed by atoms with E-state index in [9.17, 15) is 13.2 Å². The SMILES string of the molecule is Fc1ccc(Nc2cccc3cccnc23)c(F)c1F. The maximum atomic E-state index is 13.7. The van der Waals surface area contributed by atoms with Gasteiger partial charge in [0, 0.05) is 11.6 Å². The van der Waals surface area contributed by atoms with Gasteiger partial charge in [-0.3, -0.25) is 4.98 Å². The number of halogens is 3. The summed E-state index contributed by atoms with van der Waals surface area (Å²) in [5.41, 5.74) is 1.01. The van der Waals surface area contributed by atoms with Crippen molar-refractivity contribution in [1.82, 2.24) is 4.98 Å². The Kier molecular flexibility index (Phi) is 3.02. The van der Waals surface area contributed by atoms with Crippen LogP contribution in [0.2, 0.25) is 0 Å². The second-order valence-electron chi connectivity index (χ2n) is 4.23. The molecule has 0 aliphatic heterocycles. The summed E-state index contributed by atoms with van der Waals surface area (Å²) >= 11 is 0. The Balaban J connectivity index is 2.08. The van der Waals surface area contributed by atoms with Gasteiger partial charge in [-0.1, -0.05) is 18.2 Å². The van der Waals surface area contributed by atoms with E-state index in [1.165, 1.54) is 0 Å². The number of pyridine rings is 1. The Hall–Kier alpha value is -2.56. The number of hydrogen-bond acceptors (Lipinski definition) is 2. The molecule has 0 radical (unpaired) electrons. The first-order chi connectivity index (χ1) is 9.66. The molecule has 0 aliphatic rings. The standard InChI is InChI=1S/C15H9F3N2/c16-10-6-7-11(14(18)13(10)17)20-12-5-1-3-9-4-2-8-19-15(9)12/h1-8,20H. The Labute approximate surface area is 112 Å². The van der Waals surface area contributed by atoms with Crippen molar-refractivity contribution < 1.29 is 13.2 Å². The van der Waals surface area contributed by atoms with Crippen molar-refractivity contribution >= 4 is 22.3 Å². The van der Waals surface area contributed by atoms with Gasteiger partial charge in [0.1, 0.15) is 0 Å². The maximum Gasteiger partial charge on any atom is 0.196 e. The van der Waals surface area contributed by atoms with Crippen molar-refractivity contribution in [2.24, 2.45) is 0 Å². The summed E-state index contributed by atoms with van der Waals surface area (Å²) in [5.74, 6) is -3.97. The van der Waals surface area contributed by atoms with Gasteiger partial charge < -0.3 is 5.32 Å². The smallest absolute Gasteiger partial charge is 0.196 e. The molecule has 0 aliphatic carbocycles. The van der Waals surface area contributed by atoms with Gasteiger partial charge in [0.25, 0.3) is 0 Å². The minimum atomic E-state index is -1.50. The Morgan fingerprint density at radius 2 is 1.60 bits per heavy atom. The highest BCUT2D eigenvalue weighted by molar-refractivity contribution is 5.91. The molecular weight excluding hydrogens is 265 g/mol. The molecule has 2 aromatic carbocycles. The van der Waals surface area contributed by atoms with E-state index in [4.69, 9.17) is 0 Å². The van der Waals surface area contributed by atoms with Gasteiger partial charge in [0.15, 0.2) is 17.5 Å². The average Bonchev–Trinajstić information content (AvgIpc) is 2.48. The van der Waals surface area contributed by atoms with Crippen LogP contribution < -0.4 is 5.32 Å². The second-order valence-corrected chi connectivity index (χ2v) is 4.23. The van der Waals surface area contributed by atoms with Crippen LogP contribution in [0.5, 0.6) is 0 Å². The van der Waals surface area contributed by atoms with Gasteiger partial charge in [0.05, 0.1) is 16.9 Å². The average molecular weight is 274 g/mol. The van der Waals surface area contributed by atoms with Crippen molar-refractivity contribution in [2.75, 3.05) is 5.32 Å². The molecule has 20 heavy (non-hydrogen) atoms. The zero-order chi connectivity index (χ0) is 14.1. The highest BCUT2D eigenvalue weighted by Gasteiger charge is 2.14. The maximum absolute atomic E-state index is 13.7. The van der Waals surface area contributed by atoms with Crippen molar-refractivity contribution in [2.45, 2.75) is 0 Å². The third-order valence-electron chi connectivity index (χ3n) is 2.94. The lowest BCUT2D eigenvalue weighted by Gasteiger charge is -2.10. The quantitative estimate of drug-likeness (QED) is 0.701. The summed E-state index contributed by atoms with van der Waals surface area (Å²) in [6.45, 7) is 0. The first-order valence-electron chi connectivity index (χ1n) is 5.91. The first-order valence-corrected chi connectivity index (χ1v) is 5.91. The van der Waals surface area contributed by atoms with Crippen LogP contribution >= 0.6 is 0 Å². The van der Waals surface area contributed by atoms with Gasteiger partial charge in [-0.25, -0.2) is 13.2 Å². The summed E-state index contributed by atoms with van der Waals surface area (Å²) in [6.07, 6.45) is 1.61. The second kappa shape index (κ2) is 4.85. The molecule has 0 saturated carbocycles. The van der Waals surface area contributed by atoms with E-state index in [1.807, 2.05) is 12.1 Å². The topological polar surface area (TPSA) is 24.9 Å². The zero-order valence-corrected chi connectivity index (χ0v) is 10.2. The van der Waals surface area contributed by atoms with E-state index in [0.29, 0.717) is 11.2 Å². The molecule has 3 aromatic rings. The number of hydrogen-bond donors (Lipinski definition) is 1. The monoisotopic (exact) mass is 274 g/mol. The fourth-order valence-electron chi connectivity index (χ4n) is 1.97. The largest absolute Gasteiger partial charge is 0.351 e. The van der Waals surface area contributed by atoms with Crippen molar-refractivity contribution in [3.63, 3.8) is 0 Å². The summed E-state index contributed by atoms with van der Waals surface area (Å²) in [5, 5.41) is 3.60. The third-order valence-corrected chi connectivity index (χ3v) is 2.94. The molecule has 1 heterocycles. The molecule has 0 bridgehead atoms. The van der Waals surface area contributed by atoms with E-state index in [-0.39, 0.29) is 5.69 Å². The molecular formula is C15H9F3N2. The summed E-state index contributed by atoms with van der Waals surface area (Å²) < 4.78 is 39.7. The Morgan fingerprint density at radius 3 is 2.45 bits per heavy atom. The normalized spacial score (nSPS) is 10.8. The molecule has 0 amide bonds. The van der Waals surface area contributed by atoms with Gasteiger partial charge in [-0.15, -0.1) is 0 Å². The van der Waals surface area contributed by atoms with Crippen molar-refractivity contribution in [3.05, 3.63) is 66.1 Å². The van der Waals surface area contributed by atoms with Gasteiger partial charge in [-0.05, 0) is 24.3 Å². The number of benzene rings is 2. The predicted molar refractivity (Wildman–Crippen MR) is 71.3 cm³/mol.